The van der Waals surface area contributed by atoms with Gasteiger partial charge in [0, 0.05) is 40.1 Å². The van der Waals surface area contributed by atoms with Crippen LogP contribution in [0.2, 0.25) is 5.02 Å². The lowest BCUT2D eigenvalue weighted by Gasteiger charge is -2.00. The number of hydrogen-bond acceptors (Lipinski definition) is 6. The molecule has 2 N–H and O–H groups in total. The summed E-state index contributed by atoms with van der Waals surface area (Å²) in [5.74, 6) is 0. The highest BCUT2D eigenvalue weighted by Gasteiger charge is 2.17. The van der Waals surface area contributed by atoms with Crippen molar-refractivity contribution < 1.29 is 9.52 Å². The summed E-state index contributed by atoms with van der Waals surface area (Å²) in [6.45, 7) is 1.65. The molecule has 3 heterocycles. The number of halogens is 1. The number of aromatic nitrogens is 3. The van der Waals surface area contributed by atoms with Gasteiger partial charge in [-0.15, -0.1) is 11.3 Å². The van der Waals surface area contributed by atoms with Crippen LogP contribution in [0.4, 0.5) is 0 Å². The van der Waals surface area contributed by atoms with Crippen LogP contribution in [-0.2, 0) is 6.42 Å². The zero-order chi connectivity index (χ0) is 19.1. The number of aliphatic hydroxyl groups is 1. The smallest absolute Gasteiger partial charge is 0.345 e. The molecule has 0 unspecified atom stereocenters. The SMILES string of the molecule is Cc1[nH]n(-c2nc(-c3cc4cc(Cl)ccc4oc3=O)cs2)c(=O)c1CCO. The van der Waals surface area contributed by atoms with Gasteiger partial charge in [0.25, 0.3) is 5.56 Å². The third kappa shape index (κ3) is 3.12. The van der Waals surface area contributed by atoms with Gasteiger partial charge in [-0.25, -0.2) is 9.78 Å². The average molecular weight is 404 g/mol. The Labute approximate surface area is 161 Å². The second kappa shape index (κ2) is 6.80. The number of thiazole rings is 1. The van der Waals surface area contributed by atoms with Gasteiger partial charge in [0.15, 0.2) is 0 Å². The molecule has 0 aliphatic carbocycles. The zero-order valence-corrected chi connectivity index (χ0v) is 15.7. The highest BCUT2D eigenvalue weighted by molar-refractivity contribution is 7.12. The highest BCUT2D eigenvalue weighted by atomic mass is 35.5. The molecule has 138 valence electrons. The Morgan fingerprint density at radius 1 is 1.33 bits per heavy atom. The van der Waals surface area contributed by atoms with Crippen molar-refractivity contribution in [2.24, 2.45) is 0 Å². The molecule has 0 fully saturated rings. The molecule has 3 aromatic heterocycles. The molecule has 0 aliphatic rings. The quantitative estimate of drug-likeness (QED) is 0.510. The van der Waals surface area contributed by atoms with Crippen LogP contribution in [0.15, 0.2) is 43.7 Å². The van der Waals surface area contributed by atoms with Crippen molar-refractivity contribution in [3.63, 3.8) is 0 Å². The third-order valence-corrected chi connectivity index (χ3v) is 5.27. The van der Waals surface area contributed by atoms with Crippen LogP contribution in [0.25, 0.3) is 27.4 Å². The molecule has 1 aromatic carbocycles. The Hall–Kier alpha value is -2.68. The van der Waals surface area contributed by atoms with E-state index in [2.05, 4.69) is 10.1 Å². The molecule has 4 aromatic rings. The fraction of sp³-hybridized carbons (Fsp3) is 0.167. The minimum atomic E-state index is -0.516. The summed E-state index contributed by atoms with van der Waals surface area (Å²) < 4.78 is 6.66. The van der Waals surface area contributed by atoms with Gasteiger partial charge in [0.05, 0.1) is 11.3 Å². The molecule has 0 radical (unpaired) electrons. The van der Waals surface area contributed by atoms with Crippen molar-refractivity contribution in [2.45, 2.75) is 13.3 Å². The van der Waals surface area contributed by atoms with E-state index in [0.717, 1.165) is 0 Å². The zero-order valence-electron chi connectivity index (χ0n) is 14.2. The molecule has 0 amide bonds. The first kappa shape index (κ1) is 17.7. The van der Waals surface area contributed by atoms with Crippen LogP contribution in [0.3, 0.4) is 0 Å². The van der Waals surface area contributed by atoms with Crippen LogP contribution < -0.4 is 11.2 Å². The molecule has 0 atom stereocenters. The van der Waals surface area contributed by atoms with Gasteiger partial charge in [-0.2, -0.15) is 4.68 Å². The van der Waals surface area contributed by atoms with Gasteiger partial charge >= 0.3 is 5.63 Å². The lowest BCUT2D eigenvalue weighted by atomic mass is 10.1. The molecular formula is C18H14ClN3O4S. The minimum Gasteiger partial charge on any atom is -0.422 e. The molecule has 0 bridgehead atoms. The van der Waals surface area contributed by atoms with Gasteiger partial charge < -0.3 is 9.52 Å². The largest absolute Gasteiger partial charge is 0.422 e. The monoisotopic (exact) mass is 403 g/mol. The maximum atomic E-state index is 12.5. The molecular weight excluding hydrogens is 390 g/mol. The highest BCUT2D eigenvalue weighted by Crippen LogP contribution is 2.25. The van der Waals surface area contributed by atoms with E-state index in [9.17, 15) is 9.59 Å². The number of rotatable bonds is 4. The van der Waals surface area contributed by atoms with E-state index in [0.29, 0.717) is 43.6 Å². The number of hydrogen-bond donors (Lipinski definition) is 2. The second-order valence-electron chi connectivity index (χ2n) is 5.97. The maximum absolute atomic E-state index is 12.5. The Morgan fingerprint density at radius 2 is 2.15 bits per heavy atom. The third-order valence-electron chi connectivity index (χ3n) is 4.21. The van der Waals surface area contributed by atoms with Crippen molar-refractivity contribution in [3.05, 3.63) is 66.7 Å². The number of aryl methyl sites for hydroxylation is 1. The summed E-state index contributed by atoms with van der Waals surface area (Å²) in [6.07, 6.45) is 0.265. The van der Waals surface area contributed by atoms with Crippen LogP contribution in [0, 0.1) is 6.92 Å². The molecule has 7 nitrogen and oxygen atoms in total. The standard InChI is InChI=1S/C18H14ClN3O4S/c1-9-12(4-5-23)16(24)22(21-9)18-20-14(8-27-18)13-7-10-6-11(19)2-3-15(10)26-17(13)25/h2-3,6-8,21,23H,4-5H2,1H3. The summed E-state index contributed by atoms with van der Waals surface area (Å²) in [7, 11) is 0. The summed E-state index contributed by atoms with van der Waals surface area (Å²) in [5, 5.41) is 15.4. The van der Waals surface area contributed by atoms with E-state index in [1.54, 1.807) is 36.6 Å². The van der Waals surface area contributed by atoms with Crippen molar-refractivity contribution in [1.82, 2.24) is 14.8 Å². The molecule has 9 heteroatoms. The van der Waals surface area contributed by atoms with E-state index in [1.165, 1.54) is 16.0 Å². The average Bonchev–Trinajstić information content (AvgIpc) is 3.22. The Kier molecular flexibility index (Phi) is 4.47. The normalized spacial score (nSPS) is 11.4. The minimum absolute atomic E-state index is 0.113. The number of nitrogens with zero attached hydrogens (tertiary/aromatic N) is 2. The van der Waals surface area contributed by atoms with Gasteiger partial charge in [0.2, 0.25) is 5.13 Å². The molecule has 0 aliphatic heterocycles. The van der Waals surface area contributed by atoms with Crippen molar-refractivity contribution in [1.29, 1.82) is 0 Å². The lowest BCUT2D eigenvalue weighted by Crippen LogP contribution is -2.18. The van der Waals surface area contributed by atoms with E-state index >= 15 is 0 Å². The second-order valence-corrected chi connectivity index (χ2v) is 7.25. The summed E-state index contributed by atoms with van der Waals surface area (Å²) in [5.41, 5.74) is 1.54. The van der Waals surface area contributed by atoms with E-state index < -0.39 is 5.63 Å². The topological polar surface area (TPSA) is 101 Å². The van der Waals surface area contributed by atoms with Crippen LogP contribution >= 0.6 is 22.9 Å². The summed E-state index contributed by atoms with van der Waals surface area (Å²) in [6, 6.07) is 6.67. The number of fused-ring (bicyclic) bond motifs is 1. The van der Waals surface area contributed by atoms with E-state index in [-0.39, 0.29) is 18.6 Å². The number of nitrogens with one attached hydrogen (secondary N) is 1. The van der Waals surface area contributed by atoms with Gasteiger partial charge in [-0.1, -0.05) is 11.6 Å². The lowest BCUT2D eigenvalue weighted by molar-refractivity contribution is 0.299. The fourth-order valence-electron chi connectivity index (χ4n) is 2.89. The van der Waals surface area contributed by atoms with Gasteiger partial charge in [-0.05, 0) is 31.2 Å². The molecule has 4 rings (SSSR count). The van der Waals surface area contributed by atoms with Crippen molar-refractivity contribution in [3.8, 4) is 16.4 Å². The predicted molar refractivity (Wildman–Crippen MR) is 104 cm³/mol. The van der Waals surface area contributed by atoms with Crippen molar-refractivity contribution >= 4 is 33.9 Å². The van der Waals surface area contributed by atoms with E-state index in [1.807, 2.05) is 0 Å². The van der Waals surface area contributed by atoms with Crippen LogP contribution in [0.1, 0.15) is 11.3 Å². The Bertz CT molecular complexity index is 1270. The van der Waals surface area contributed by atoms with Gasteiger partial charge in [0.1, 0.15) is 5.58 Å². The molecule has 27 heavy (non-hydrogen) atoms. The summed E-state index contributed by atoms with van der Waals surface area (Å²) in [4.78, 5) is 29.2. The first-order valence-corrected chi connectivity index (χ1v) is 9.34. The number of aliphatic hydroxyl groups excluding tert-OH is 1. The molecule has 0 saturated carbocycles. The Morgan fingerprint density at radius 3 is 2.93 bits per heavy atom. The first-order chi connectivity index (χ1) is 13.0. The van der Waals surface area contributed by atoms with Crippen molar-refractivity contribution in [2.75, 3.05) is 6.61 Å². The molecule has 0 saturated heterocycles. The van der Waals surface area contributed by atoms with Crippen LogP contribution in [0.5, 0.6) is 0 Å². The first-order valence-electron chi connectivity index (χ1n) is 8.09. The summed E-state index contributed by atoms with van der Waals surface area (Å²) >= 11 is 7.23. The van der Waals surface area contributed by atoms with E-state index in [4.69, 9.17) is 21.1 Å². The van der Waals surface area contributed by atoms with Gasteiger partial charge in [-0.3, -0.25) is 9.89 Å². The molecule has 0 spiro atoms. The number of benzene rings is 1. The fourth-order valence-corrected chi connectivity index (χ4v) is 3.85. The predicted octanol–water partition coefficient (Wildman–Crippen LogP) is 2.89. The Balaban J connectivity index is 1.81. The number of H-pyrrole nitrogens is 1. The maximum Gasteiger partial charge on any atom is 0.345 e. The van der Waals surface area contributed by atoms with Crippen LogP contribution in [-0.4, -0.2) is 26.5 Å². The number of aromatic amines is 1.